The molecule has 1 N–H and O–H groups in total. The molecular formula is C24H25FN2O5S2. The van der Waals surface area contributed by atoms with Gasteiger partial charge in [0.2, 0.25) is 5.91 Å². The average molecular weight is 505 g/mol. The molecule has 0 aliphatic rings. The number of carbonyl (C=O) groups excluding carboxylic acids is 1. The lowest BCUT2D eigenvalue weighted by molar-refractivity contribution is -0.120. The largest absolute Gasteiger partial charge is 0.348 e. The molecule has 0 radical (unpaired) electrons. The molecule has 7 nitrogen and oxygen atoms in total. The minimum absolute atomic E-state index is 0.147. The summed E-state index contributed by atoms with van der Waals surface area (Å²) in [7, 11) is -7.51. The molecule has 3 aromatic rings. The molecular weight excluding hydrogens is 479 g/mol. The first-order chi connectivity index (χ1) is 15.9. The van der Waals surface area contributed by atoms with Crippen molar-refractivity contribution in [2.24, 2.45) is 0 Å². The van der Waals surface area contributed by atoms with E-state index in [2.05, 4.69) is 5.32 Å². The van der Waals surface area contributed by atoms with Gasteiger partial charge in [0, 0.05) is 6.26 Å². The molecule has 10 heteroatoms. The molecule has 0 spiro atoms. The van der Waals surface area contributed by atoms with Gasteiger partial charge >= 0.3 is 0 Å². The summed E-state index contributed by atoms with van der Waals surface area (Å²) in [4.78, 5) is 12.9. The van der Waals surface area contributed by atoms with Crippen LogP contribution in [0.2, 0.25) is 0 Å². The summed E-state index contributed by atoms with van der Waals surface area (Å²) >= 11 is 0. The first-order valence-corrected chi connectivity index (χ1v) is 13.7. The van der Waals surface area contributed by atoms with Gasteiger partial charge in [0.1, 0.15) is 12.4 Å². The van der Waals surface area contributed by atoms with E-state index < -0.39 is 44.2 Å². The summed E-state index contributed by atoms with van der Waals surface area (Å²) in [6, 6.07) is 16.6. The van der Waals surface area contributed by atoms with Crippen LogP contribution < -0.4 is 9.62 Å². The van der Waals surface area contributed by atoms with E-state index in [1.165, 1.54) is 12.1 Å². The number of amides is 1. The lowest BCUT2D eigenvalue weighted by Crippen LogP contribution is -2.41. The Labute approximate surface area is 199 Å². The number of benzene rings is 3. The number of nitrogens with zero attached hydrogens (tertiary/aromatic N) is 1. The monoisotopic (exact) mass is 504 g/mol. The van der Waals surface area contributed by atoms with Gasteiger partial charge in [-0.25, -0.2) is 21.2 Å². The van der Waals surface area contributed by atoms with Crippen LogP contribution in [0, 0.1) is 12.7 Å². The second-order valence-electron chi connectivity index (χ2n) is 7.93. The van der Waals surface area contributed by atoms with E-state index in [-0.39, 0.29) is 15.5 Å². The van der Waals surface area contributed by atoms with Crippen LogP contribution in [0.1, 0.15) is 24.1 Å². The minimum atomic E-state index is -4.16. The van der Waals surface area contributed by atoms with Crippen molar-refractivity contribution in [1.29, 1.82) is 0 Å². The highest BCUT2D eigenvalue weighted by atomic mass is 32.2. The molecule has 0 heterocycles. The summed E-state index contributed by atoms with van der Waals surface area (Å²) in [6.07, 6.45) is 1.11. The summed E-state index contributed by atoms with van der Waals surface area (Å²) in [5.41, 5.74) is 1.86. The SMILES string of the molecule is Cc1ccc(N(CC(=O)NC(C)c2ccc(S(C)(=O)=O)cc2)S(=O)(=O)c2ccc(F)cc2)cc1. The molecule has 0 aliphatic heterocycles. The van der Waals surface area contributed by atoms with Gasteiger partial charge in [-0.15, -0.1) is 0 Å². The van der Waals surface area contributed by atoms with Crippen molar-refractivity contribution >= 4 is 31.5 Å². The van der Waals surface area contributed by atoms with Crippen LogP contribution in [0.4, 0.5) is 10.1 Å². The van der Waals surface area contributed by atoms with Crippen LogP contribution in [-0.4, -0.2) is 35.5 Å². The summed E-state index contributed by atoms with van der Waals surface area (Å²) in [5.74, 6) is -1.14. The molecule has 180 valence electrons. The maximum Gasteiger partial charge on any atom is 0.264 e. The van der Waals surface area contributed by atoms with E-state index in [1.807, 2.05) is 6.92 Å². The van der Waals surface area contributed by atoms with E-state index in [1.54, 1.807) is 43.3 Å². The fourth-order valence-electron chi connectivity index (χ4n) is 3.26. The first kappa shape index (κ1) is 25.4. The Kier molecular flexibility index (Phi) is 7.42. The summed E-state index contributed by atoms with van der Waals surface area (Å²) in [6.45, 7) is 3.05. The van der Waals surface area contributed by atoms with Crippen molar-refractivity contribution in [2.45, 2.75) is 29.7 Å². The van der Waals surface area contributed by atoms with Gasteiger partial charge in [-0.05, 0) is 67.9 Å². The van der Waals surface area contributed by atoms with E-state index in [0.717, 1.165) is 40.4 Å². The Morgan fingerprint density at radius 3 is 1.94 bits per heavy atom. The van der Waals surface area contributed by atoms with Gasteiger partial charge in [-0.1, -0.05) is 29.8 Å². The molecule has 0 bridgehead atoms. The maximum absolute atomic E-state index is 13.3. The van der Waals surface area contributed by atoms with Crippen LogP contribution in [0.15, 0.2) is 82.6 Å². The molecule has 0 aliphatic carbocycles. The Hall–Kier alpha value is -3.24. The number of nitrogens with one attached hydrogen (secondary N) is 1. The number of carbonyl (C=O) groups is 1. The number of aryl methyl sites for hydroxylation is 1. The molecule has 1 amide bonds. The quantitative estimate of drug-likeness (QED) is 0.505. The van der Waals surface area contributed by atoms with Gasteiger partial charge in [-0.3, -0.25) is 9.10 Å². The zero-order valence-electron chi connectivity index (χ0n) is 18.9. The van der Waals surface area contributed by atoms with Crippen LogP contribution in [-0.2, 0) is 24.7 Å². The summed E-state index contributed by atoms with van der Waals surface area (Å²) < 4.78 is 64.2. The minimum Gasteiger partial charge on any atom is -0.348 e. The number of halogens is 1. The van der Waals surface area contributed by atoms with E-state index in [0.29, 0.717) is 5.56 Å². The molecule has 3 aromatic carbocycles. The van der Waals surface area contributed by atoms with Crippen molar-refractivity contribution in [1.82, 2.24) is 5.32 Å². The van der Waals surface area contributed by atoms with Gasteiger partial charge in [0.25, 0.3) is 10.0 Å². The van der Waals surface area contributed by atoms with E-state index in [4.69, 9.17) is 0 Å². The number of anilines is 1. The van der Waals surface area contributed by atoms with Crippen LogP contribution in [0.5, 0.6) is 0 Å². The number of rotatable bonds is 8. The zero-order valence-corrected chi connectivity index (χ0v) is 20.5. The van der Waals surface area contributed by atoms with Crippen molar-refractivity contribution in [3.8, 4) is 0 Å². The maximum atomic E-state index is 13.3. The van der Waals surface area contributed by atoms with Gasteiger partial charge in [0.15, 0.2) is 9.84 Å². The number of hydrogen-bond acceptors (Lipinski definition) is 5. The number of sulfonamides is 1. The lowest BCUT2D eigenvalue weighted by atomic mass is 10.1. The third-order valence-electron chi connectivity index (χ3n) is 5.20. The Balaban J connectivity index is 1.85. The highest BCUT2D eigenvalue weighted by molar-refractivity contribution is 7.93. The molecule has 0 fully saturated rings. The molecule has 34 heavy (non-hydrogen) atoms. The molecule has 1 atom stereocenters. The summed E-state index contributed by atoms with van der Waals surface area (Å²) in [5, 5.41) is 2.74. The third kappa shape index (κ3) is 6.00. The second kappa shape index (κ2) is 9.94. The average Bonchev–Trinajstić information content (AvgIpc) is 2.78. The van der Waals surface area contributed by atoms with Crippen molar-refractivity contribution in [3.05, 3.63) is 89.7 Å². The lowest BCUT2D eigenvalue weighted by Gasteiger charge is -2.25. The van der Waals surface area contributed by atoms with Gasteiger partial charge in [-0.2, -0.15) is 0 Å². The smallest absolute Gasteiger partial charge is 0.264 e. The van der Waals surface area contributed by atoms with Crippen LogP contribution in [0.25, 0.3) is 0 Å². The highest BCUT2D eigenvalue weighted by Gasteiger charge is 2.28. The van der Waals surface area contributed by atoms with E-state index in [9.17, 15) is 26.0 Å². The van der Waals surface area contributed by atoms with E-state index >= 15 is 0 Å². The second-order valence-corrected chi connectivity index (χ2v) is 11.8. The first-order valence-electron chi connectivity index (χ1n) is 10.3. The van der Waals surface area contributed by atoms with Crippen molar-refractivity contribution in [3.63, 3.8) is 0 Å². The van der Waals surface area contributed by atoms with Gasteiger partial charge in [0.05, 0.1) is 21.5 Å². The standard InChI is InChI=1S/C24H25FN2O5S2/c1-17-4-10-21(11-5-17)27(34(31,32)23-14-8-20(25)9-15-23)16-24(28)26-18(2)19-6-12-22(13-7-19)33(3,29)30/h4-15,18H,16H2,1-3H3,(H,26,28). The van der Waals surface area contributed by atoms with Crippen LogP contribution in [0.3, 0.4) is 0 Å². The molecule has 3 rings (SSSR count). The Morgan fingerprint density at radius 1 is 0.882 bits per heavy atom. The van der Waals surface area contributed by atoms with Crippen molar-refractivity contribution < 1.29 is 26.0 Å². The predicted molar refractivity (Wildman–Crippen MR) is 128 cm³/mol. The predicted octanol–water partition coefficient (Wildman–Crippen LogP) is 3.61. The topological polar surface area (TPSA) is 101 Å². The normalized spacial score (nSPS) is 12.7. The number of hydrogen-bond donors (Lipinski definition) is 1. The van der Waals surface area contributed by atoms with Crippen LogP contribution >= 0.6 is 0 Å². The Bertz CT molecular complexity index is 1370. The van der Waals surface area contributed by atoms with Crippen molar-refractivity contribution in [2.75, 3.05) is 17.1 Å². The fraction of sp³-hybridized carbons (Fsp3) is 0.208. The molecule has 1 unspecified atom stereocenters. The fourth-order valence-corrected chi connectivity index (χ4v) is 5.32. The zero-order chi connectivity index (χ0) is 25.1. The Morgan fingerprint density at radius 2 is 1.41 bits per heavy atom. The molecule has 0 saturated carbocycles. The third-order valence-corrected chi connectivity index (χ3v) is 8.11. The molecule has 0 saturated heterocycles. The molecule has 0 aromatic heterocycles. The highest BCUT2D eigenvalue weighted by Crippen LogP contribution is 2.24. The number of sulfone groups is 1. The van der Waals surface area contributed by atoms with Gasteiger partial charge < -0.3 is 5.32 Å².